The van der Waals surface area contributed by atoms with Crippen LogP contribution in [0, 0.1) is 12.7 Å². The van der Waals surface area contributed by atoms with Gasteiger partial charge >= 0.3 is 5.69 Å². The molecule has 10 heteroatoms. The molecule has 1 fully saturated rings. The van der Waals surface area contributed by atoms with E-state index in [9.17, 15) is 14.0 Å². The van der Waals surface area contributed by atoms with E-state index in [0.29, 0.717) is 41.3 Å². The molecular weight excluding hydrogens is 543 g/mol. The maximum Gasteiger partial charge on any atom is 0.355 e. The van der Waals surface area contributed by atoms with Crippen molar-refractivity contribution in [3.63, 3.8) is 0 Å². The Hall–Kier alpha value is -4.11. The van der Waals surface area contributed by atoms with Crippen LogP contribution < -0.4 is 10.6 Å². The number of anilines is 1. The quantitative estimate of drug-likeness (QED) is 0.285. The van der Waals surface area contributed by atoms with Crippen LogP contribution in [0.15, 0.2) is 60.0 Å². The summed E-state index contributed by atoms with van der Waals surface area (Å²) < 4.78 is 16.4. The number of pyridine rings is 2. The number of carbonyl (C=O) groups excluding carboxylic acids is 1. The minimum Gasteiger partial charge on any atom is -0.347 e. The highest BCUT2D eigenvalue weighted by atomic mass is 35.5. The third-order valence-corrected chi connectivity index (χ3v) is 7.79. The number of aromatic nitrogens is 4. The number of halogens is 2. The predicted molar refractivity (Wildman–Crippen MR) is 160 cm³/mol. The Labute approximate surface area is 243 Å². The number of benzene rings is 1. The van der Waals surface area contributed by atoms with E-state index in [1.165, 1.54) is 16.7 Å². The molecule has 0 unspecified atom stereocenters. The Morgan fingerprint density at radius 3 is 2.46 bits per heavy atom. The molecule has 41 heavy (non-hydrogen) atoms. The van der Waals surface area contributed by atoms with Crippen LogP contribution in [0.5, 0.6) is 0 Å². The Balaban J connectivity index is 1.84. The number of rotatable bonds is 5. The summed E-state index contributed by atoms with van der Waals surface area (Å²) in [5.74, 6) is -0.214. The lowest BCUT2D eigenvalue weighted by atomic mass is 10.0. The largest absolute Gasteiger partial charge is 0.355 e. The standard InChI is InChI=1S/C31H32ClFN6O2/c1-7-25(40)37-15-19(5)38(20(6)16-37)30-22-14-23(32)27(21-10-8-9-11-24(21)33)35-29(22)39(31(41)36-30)28-18(4)12-13-34-26(28)17(2)3/h7-14,17,19-20H,1,15-16H2,2-6H3/t19-,20-/m1/s1. The molecule has 1 aromatic carbocycles. The van der Waals surface area contributed by atoms with E-state index in [4.69, 9.17) is 16.6 Å². The van der Waals surface area contributed by atoms with Crippen LogP contribution in [0.25, 0.3) is 28.0 Å². The highest BCUT2D eigenvalue weighted by molar-refractivity contribution is 6.33. The van der Waals surface area contributed by atoms with Crippen molar-refractivity contribution >= 4 is 34.4 Å². The number of aryl methyl sites for hydroxylation is 1. The Bertz CT molecular complexity index is 1720. The molecule has 0 radical (unpaired) electrons. The molecule has 1 aliphatic heterocycles. The van der Waals surface area contributed by atoms with Crippen LogP contribution in [0.4, 0.5) is 10.2 Å². The summed E-state index contributed by atoms with van der Waals surface area (Å²) in [6.45, 7) is 14.3. The van der Waals surface area contributed by atoms with E-state index in [2.05, 4.69) is 16.5 Å². The van der Waals surface area contributed by atoms with Gasteiger partial charge in [0.15, 0.2) is 5.65 Å². The molecule has 1 saturated heterocycles. The second-order valence-electron chi connectivity index (χ2n) is 10.8. The van der Waals surface area contributed by atoms with Gasteiger partial charge in [0.1, 0.15) is 11.6 Å². The van der Waals surface area contributed by atoms with Gasteiger partial charge < -0.3 is 9.80 Å². The van der Waals surface area contributed by atoms with Gasteiger partial charge in [0.25, 0.3) is 0 Å². The molecule has 4 aromatic rings. The molecule has 2 atom stereocenters. The van der Waals surface area contributed by atoms with Crippen LogP contribution in [0.3, 0.4) is 0 Å². The predicted octanol–water partition coefficient (Wildman–Crippen LogP) is 5.68. The summed E-state index contributed by atoms with van der Waals surface area (Å²) in [4.78, 5) is 44.2. The van der Waals surface area contributed by atoms with Crippen LogP contribution in [-0.2, 0) is 4.79 Å². The zero-order valence-electron chi connectivity index (χ0n) is 23.7. The van der Waals surface area contributed by atoms with Gasteiger partial charge in [-0.3, -0.25) is 9.78 Å². The lowest BCUT2D eigenvalue weighted by Gasteiger charge is -2.45. The van der Waals surface area contributed by atoms with Crippen molar-refractivity contribution < 1.29 is 9.18 Å². The summed E-state index contributed by atoms with van der Waals surface area (Å²) in [5.41, 5.74) is 2.33. The van der Waals surface area contributed by atoms with Crippen molar-refractivity contribution in [2.75, 3.05) is 18.0 Å². The van der Waals surface area contributed by atoms with E-state index in [1.807, 2.05) is 45.6 Å². The maximum absolute atomic E-state index is 15.0. The minimum absolute atomic E-state index is 0.000356. The average molecular weight is 575 g/mol. The number of fused-ring (bicyclic) bond motifs is 1. The zero-order chi connectivity index (χ0) is 29.6. The molecule has 212 valence electrons. The fraction of sp³-hybridized carbons (Fsp3) is 0.323. The summed E-state index contributed by atoms with van der Waals surface area (Å²) in [7, 11) is 0. The first-order valence-corrected chi connectivity index (χ1v) is 13.9. The highest BCUT2D eigenvalue weighted by Gasteiger charge is 2.34. The average Bonchev–Trinajstić information content (AvgIpc) is 2.93. The maximum atomic E-state index is 15.0. The summed E-state index contributed by atoms with van der Waals surface area (Å²) in [5, 5.41) is 0.762. The molecule has 0 spiro atoms. The fourth-order valence-electron chi connectivity index (χ4n) is 5.68. The SMILES string of the molecule is C=CC(=O)N1C[C@@H](C)N(c2nc(=O)n(-c3c(C)ccnc3C(C)C)c3nc(-c4ccccc4F)c(Cl)cc23)[C@H](C)C1. The van der Waals surface area contributed by atoms with Gasteiger partial charge in [-0.05, 0) is 62.6 Å². The Morgan fingerprint density at radius 1 is 1.15 bits per heavy atom. The lowest BCUT2D eigenvalue weighted by Crippen LogP contribution is -2.58. The van der Waals surface area contributed by atoms with Gasteiger partial charge in [-0.25, -0.2) is 18.7 Å². The smallest absolute Gasteiger partial charge is 0.347 e. The third-order valence-electron chi connectivity index (χ3n) is 7.51. The van der Waals surface area contributed by atoms with Crippen LogP contribution in [-0.4, -0.2) is 55.5 Å². The number of nitrogens with zero attached hydrogens (tertiary/aromatic N) is 6. The Morgan fingerprint density at radius 2 is 1.83 bits per heavy atom. The number of piperazine rings is 1. The normalized spacial score (nSPS) is 17.4. The Kier molecular flexibility index (Phi) is 7.66. The molecule has 0 bridgehead atoms. The molecule has 1 aliphatic rings. The molecule has 0 N–H and O–H groups in total. The van der Waals surface area contributed by atoms with Crippen molar-refractivity contribution in [2.45, 2.75) is 52.6 Å². The van der Waals surface area contributed by atoms with Crippen molar-refractivity contribution in [3.8, 4) is 16.9 Å². The van der Waals surface area contributed by atoms with Crippen molar-refractivity contribution in [1.82, 2.24) is 24.4 Å². The van der Waals surface area contributed by atoms with E-state index in [-0.39, 0.29) is 40.2 Å². The lowest BCUT2D eigenvalue weighted by molar-refractivity contribution is -0.127. The summed E-state index contributed by atoms with van der Waals surface area (Å²) in [6.07, 6.45) is 3.02. The van der Waals surface area contributed by atoms with E-state index in [0.717, 1.165) is 5.56 Å². The zero-order valence-corrected chi connectivity index (χ0v) is 24.5. The molecule has 3 aromatic heterocycles. The molecule has 5 rings (SSSR count). The molecule has 0 saturated carbocycles. The highest BCUT2D eigenvalue weighted by Crippen LogP contribution is 2.37. The van der Waals surface area contributed by atoms with E-state index in [1.54, 1.807) is 35.4 Å². The first-order chi connectivity index (χ1) is 19.5. The third kappa shape index (κ3) is 4.99. The summed E-state index contributed by atoms with van der Waals surface area (Å²) in [6, 6.07) is 9.44. The van der Waals surface area contributed by atoms with Gasteiger partial charge in [0.2, 0.25) is 5.91 Å². The topological polar surface area (TPSA) is 84.2 Å². The number of hydrogen-bond acceptors (Lipinski definition) is 6. The monoisotopic (exact) mass is 574 g/mol. The first-order valence-electron chi connectivity index (χ1n) is 13.6. The molecule has 1 amide bonds. The molecule has 0 aliphatic carbocycles. The second kappa shape index (κ2) is 11.0. The van der Waals surface area contributed by atoms with Gasteiger partial charge in [-0.1, -0.05) is 44.2 Å². The van der Waals surface area contributed by atoms with Crippen molar-refractivity contribution in [2.24, 2.45) is 0 Å². The van der Waals surface area contributed by atoms with Crippen molar-refractivity contribution in [1.29, 1.82) is 0 Å². The van der Waals surface area contributed by atoms with Crippen molar-refractivity contribution in [3.05, 3.63) is 87.8 Å². The van der Waals surface area contributed by atoms with Gasteiger partial charge in [-0.15, -0.1) is 0 Å². The van der Waals surface area contributed by atoms with E-state index < -0.39 is 11.5 Å². The van der Waals surface area contributed by atoms with E-state index >= 15 is 0 Å². The van der Waals surface area contributed by atoms with Crippen LogP contribution in [0.2, 0.25) is 5.02 Å². The van der Waals surface area contributed by atoms with Crippen LogP contribution >= 0.6 is 11.6 Å². The first kappa shape index (κ1) is 28.4. The minimum atomic E-state index is -0.538. The fourth-order valence-corrected chi connectivity index (χ4v) is 5.93. The number of carbonyl (C=O) groups is 1. The van der Waals surface area contributed by atoms with Gasteiger partial charge in [-0.2, -0.15) is 4.98 Å². The molecular formula is C31H32ClFN6O2. The number of hydrogen-bond donors (Lipinski definition) is 0. The molecule has 4 heterocycles. The second-order valence-corrected chi connectivity index (χ2v) is 11.2. The van der Waals surface area contributed by atoms with Gasteiger partial charge in [0.05, 0.1) is 27.5 Å². The van der Waals surface area contributed by atoms with Gasteiger partial charge in [0, 0.05) is 36.9 Å². The number of amides is 1. The molecule has 8 nitrogen and oxygen atoms in total. The van der Waals surface area contributed by atoms with Crippen LogP contribution in [0.1, 0.15) is 44.9 Å². The summed E-state index contributed by atoms with van der Waals surface area (Å²) >= 11 is 6.79.